The zero-order valence-electron chi connectivity index (χ0n) is 31.7. The predicted octanol–water partition coefficient (Wildman–Crippen LogP) is 9.65. The van der Waals surface area contributed by atoms with Gasteiger partial charge in [-0.15, -0.1) is 11.8 Å². The van der Waals surface area contributed by atoms with Crippen LogP contribution in [-0.4, -0.2) is 72.7 Å². The summed E-state index contributed by atoms with van der Waals surface area (Å²) in [5.74, 6) is -1.11. The molecule has 1 heterocycles. The Labute approximate surface area is 309 Å². The molecule has 2 N–H and O–H groups in total. The first-order chi connectivity index (χ1) is 24.2. The number of aliphatic hydroxyl groups excluding tert-OH is 1. The third-order valence-electron chi connectivity index (χ3n) is 9.49. The predicted molar refractivity (Wildman–Crippen MR) is 201 cm³/mol. The summed E-state index contributed by atoms with van der Waals surface area (Å²) in [6.45, 7) is 3.80. The van der Waals surface area contributed by atoms with Gasteiger partial charge in [0.1, 0.15) is 17.6 Å². The first-order valence-corrected chi connectivity index (χ1v) is 22.7. The number of hydrogen-bond donors (Lipinski definition) is 2. The van der Waals surface area contributed by atoms with E-state index in [1.807, 2.05) is 0 Å². The van der Waals surface area contributed by atoms with Crippen LogP contribution in [0, 0.1) is 0 Å². The average Bonchev–Trinajstić information content (AvgIpc) is 3.08. The normalized spacial score (nSPS) is 20.9. The van der Waals surface area contributed by atoms with Crippen molar-refractivity contribution in [1.82, 2.24) is 0 Å². The van der Waals surface area contributed by atoms with E-state index in [0.717, 1.165) is 38.5 Å². The van der Waals surface area contributed by atoms with Crippen molar-refractivity contribution in [2.24, 2.45) is 0 Å². The Morgan fingerprint density at radius 1 is 0.580 bits per heavy atom. The van der Waals surface area contributed by atoms with Gasteiger partial charge in [-0.25, -0.2) is 4.18 Å². The smallest absolute Gasteiger partial charge is 0.397 e. The molecule has 0 amide bonds. The van der Waals surface area contributed by atoms with Crippen LogP contribution < -0.4 is 0 Å². The van der Waals surface area contributed by atoms with Crippen LogP contribution in [0.2, 0.25) is 0 Å². The summed E-state index contributed by atoms with van der Waals surface area (Å²) in [5, 5.41) is 9.97. The highest BCUT2D eigenvalue weighted by Crippen LogP contribution is 2.34. The Balaban J connectivity index is 2.57. The first-order valence-electron chi connectivity index (χ1n) is 20.0. The molecule has 12 heteroatoms. The highest BCUT2D eigenvalue weighted by Gasteiger charge is 2.52. The molecule has 0 saturated carbocycles. The summed E-state index contributed by atoms with van der Waals surface area (Å²) in [6, 6.07) is 0. The van der Waals surface area contributed by atoms with E-state index in [1.54, 1.807) is 6.26 Å². The van der Waals surface area contributed by atoms with Crippen molar-refractivity contribution in [2.45, 2.75) is 217 Å². The number of unbranched alkanes of at least 4 members (excludes halogenated alkanes) is 23. The molecular formula is C38H72O10S2. The SMILES string of the molecule is CCCCCCCCCCCCCCCC(=O)O[C@H]1C(SC)O[C@H](CO)[C@@H](OS(=O)(=O)O)[C@@H]1OC(=O)CCCCCCCCCCCCCC. The number of aliphatic hydroxyl groups is 1. The quantitative estimate of drug-likeness (QED) is 0.0375. The monoisotopic (exact) mass is 752 g/mol. The number of hydrogen-bond acceptors (Lipinski definition) is 10. The van der Waals surface area contributed by atoms with Gasteiger partial charge < -0.3 is 19.3 Å². The van der Waals surface area contributed by atoms with Gasteiger partial charge in [-0.3, -0.25) is 14.1 Å². The number of ether oxygens (including phenoxy) is 3. The summed E-state index contributed by atoms with van der Waals surface area (Å²) in [4.78, 5) is 26.0. The minimum atomic E-state index is -5.02. The van der Waals surface area contributed by atoms with Crippen LogP contribution >= 0.6 is 11.8 Å². The van der Waals surface area contributed by atoms with Crippen molar-refractivity contribution in [3.63, 3.8) is 0 Å². The molecular weight excluding hydrogens is 681 g/mol. The third kappa shape index (κ3) is 23.6. The Bertz CT molecular complexity index is 948. The van der Waals surface area contributed by atoms with Crippen LogP contribution in [0.15, 0.2) is 0 Å². The van der Waals surface area contributed by atoms with E-state index in [0.29, 0.717) is 12.8 Å². The van der Waals surface area contributed by atoms with Crippen molar-refractivity contribution in [3.05, 3.63) is 0 Å². The summed E-state index contributed by atoms with van der Waals surface area (Å²) in [5.41, 5.74) is -0.853. The Hall–Kier alpha value is -0.920. The van der Waals surface area contributed by atoms with Crippen molar-refractivity contribution in [1.29, 1.82) is 0 Å². The summed E-state index contributed by atoms with van der Waals surface area (Å²) in [6.07, 6.45) is 25.6. The second kappa shape index (κ2) is 30.5. The zero-order valence-corrected chi connectivity index (χ0v) is 33.3. The lowest BCUT2D eigenvalue weighted by Gasteiger charge is -2.43. The molecule has 0 spiro atoms. The Morgan fingerprint density at radius 3 is 1.24 bits per heavy atom. The molecule has 10 nitrogen and oxygen atoms in total. The van der Waals surface area contributed by atoms with Crippen LogP contribution in [0.25, 0.3) is 0 Å². The summed E-state index contributed by atoms with van der Waals surface area (Å²) < 4.78 is 55.2. The fourth-order valence-corrected chi connectivity index (χ4v) is 7.80. The molecule has 0 bridgehead atoms. The number of esters is 2. The van der Waals surface area contributed by atoms with Crippen LogP contribution in [0.4, 0.5) is 0 Å². The van der Waals surface area contributed by atoms with Gasteiger partial charge in [-0.2, -0.15) is 8.42 Å². The summed E-state index contributed by atoms with van der Waals surface area (Å²) in [7, 11) is -5.02. The van der Waals surface area contributed by atoms with Gasteiger partial charge in [-0.1, -0.05) is 162 Å². The Morgan fingerprint density at radius 2 is 0.920 bits per heavy atom. The van der Waals surface area contributed by atoms with Gasteiger partial charge in [-0.05, 0) is 19.1 Å². The lowest BCUT2D eigenvalue weighted by molar-refractivity contribution is -0.225. The molecule has 1 unspecified atom stereocenters. The summed E-state index contributed by atoms with van der Waals surface area (Å²) >= 11 is 1.18. The van der Waals surface area contributed by atoms with Crippen LogP contribution in [-0.2, 0) is 38.4 Å². The van der Waals surface area contributed by atoms with Gasteiger partial charge in [0.15, 0.2) is 12.2 Å². The maximum Gasteiger partial charge on any atom is 0.397 e. The number of carbonyl (C=O) groups excluding carboxylic acids is 2. The number of carbonyl (C=O) groups is 2. The largest absolute Gasteiger partial charge is 0.455 e. The van der Waals surface area contributed by atoms with E-state index in [4.69, 9.17) is 18.4 Å². The van der Waals surface area contributed by atoms with Crippen molar-refractivity contribution >= 4 is 34.1 Å². The van der Waals surface area contributed by atoms with E-state index in [2.05, 4.69) is 13.8 Å². The maximum absolute atomic E-state index is 13.0. The van der Waals surface area contributed by atoms with E-state index in [-0.39, 0.29) is 12.8 Å². The molecule has 5 atom stereocenters. The number of thioether (sulfide) groups is 1. The van der Waals surface area contributed by atoms with Gasteiger partial charge in [0.05, 0.1) is 6.61 Å². The van der Waals surface area contributed by atoms with Gasteiger partial charge >= 0.3 is 22.3 Å². The molecule has 50 heavy (non-hydrogen) atoms. The topological polar surface area (TPSA) is 146 Å². The van der Waals surface area contributed by atoms with E-state index >= 15 is 0 Å². The lowest BCUT2D eigenvalue weighted by Crippen LogP contribution is -2.61. The zero-order chi connectivity index (χ0) is 36.9. The van der Waals surface area contributed by atoms with Gasteiger partial charge in [0.25, 0.3) is 0 Å². The van der Waals surface area contributed by atoms with Crippen LogP contribution in [0.5, 0.6) is 0 Å². The lowest BCUT2D eigenvalue weighted by atomic mass is 9.99. The minimum absolute atomic E-state index is 0.0979. The molecule has 0 aromatic rings. The Kier molecular flexibility index (Phi) is 28.8. The second-order valence-electron chi connectivity index (χ2n) is 14.0. The maximum atomic E-state index is 13.0. The average molecular weight is 753 g/mol. The second-order valence-corrected chi connectivity index (χ2v) is 16.0. The highest BCUT2D eigenvalue weighted by atomic mass is 32.3. The van der Waals surface area contributed by atoms with Crippen molar-refractivity contribution in [3.8, 4) is 0 Å². The fraction of sp³-hybridized carbons (Fsp3) is 0.947. The molecule has 0 radical (unpaired) electrons. The standard InChI is InChI=1S/C38H72O10S2/c1-4-6-8-10-12-14-16-18-20-22-24-26-28-30-34(41)47-37-36(35(48-50(42,43)44)32(31-39)45-38(37)49-3)46-33(40)29-27-25-23-21-19-17-15-13-11-9-7-5-2/h32,35-39H,4-31H2,1-3H3,(H,42,43,44)/t32-,35-,36+,37-,38?/m1/s1. The molecule has 1 aliphatic rings. The third-order valence-corrected chi connectivity index (χ3v) is 10.8. The van der Waals surface area contributed by atoms with Crippen LogP contribution in [0.1, 0.15) is 187 Å². The molecule has 0 aliphatic carbocycles. The molecule has 1 rings (SSSR count). The molecule has 1 aliphatic heterocycles. The molecule has 0 aromatic carbocycles. The minimum Gasteiger partial charge on any atom is -0.455 e. The fourth-order valence-electron chi connectivity index (χ4n) is 6.55. The highest BCUT2D eigenvalue weighted by molar-refractivity contribution is 7.99. The molecule has 1 saturated heterocycles. The number of rotatable bonds is 33. The van der Waals surface area contributed by atoms with Crippen molar-refractivity contribution < 1.29 is 46.1 Å². The van der Waals surface area contributed by atoms with E-state index < -0.39 is 58.8 Å². The molecule has 1 fully saturated rings. The van der Waals surface area contributed by atoms with Gasteiger partial charge in [0.2, 0.25) is 0 Å². The molecule has 296 valence electrons. The van der Waals surface area contributed by atoms with Gasteiger partial charge in [0, 0.05) is 12.8 Å². The van der Waals surface area contributed by atoms with Crippen molar-refractivity contribution in [2.75, 3.05) is 12.9 Å². The van der Waals surface area contributed by atoms with E-state index in [9.17, 15) is 27.7 Å². The first kappa shape index (κ1) is 47.1. The molecule has 0 aromatic heterocycles. The van der Waals surface area contributed by atoms with Crippen LogP contribution in [0.3, 0.4) is 0 Å². The van der Waals surface area contributed by atoms with E-state index in [1.165, 1.54) is 121 Å².